The summed E-state index contributed by atoms with van der Waals surface area (Å²) in [6, 6.07) is 30.6. The Kier molecular flexibility index (Phi) is 8.49. The van der Waals surface area contributed by atoms with Gasteiger partial charge in [0.1, 0.15) is 17.5 Å². The molecule has 0 spiro atoms. The molecule has 0 aliphatic heterocycles. The highest BCUT2D eigenvalue weighted by atomic mass is 31.2. The van der Waals surface area contributed by atoms with Crippen molar-refractivity contribution >= 4 is 7.60 Å². The van der Waals surface area contributed by atoms with Gasteiger partial charge in [0, 0.05) is 0 Å². The van der Waals surface area contributed by atoms with Crippen molar-refractivity contribution in [3.05, 3.63) is 120 Å². The van der Waals surface area contributed by atoms with Gasteiger partial charge in [-0.25, -0.2) is 9.67 Å². The maximum absolute atomic E-state index is 13.8. The number of rotatable bonds is 12. The zero-order valence-corrected chi connectivity index (χ0v) is 21.6. The zero-order valence-electron chi connectivity index (χ0n) is 20.7. The molecule has 0 aliphatic rings. The van der Waals surface area contributed by atoms with Gasteiger partial charge in [-0.2, -0.15) is 5.10 Å². The first-order chi connectivity index (χ1) is 17.6. The zero-order chi connectivity index (χ0) is 25.4. The van der Waals surface area contributed by atoms with E-state index in [0.29, 0.717) is 18.8 Å². The predicted molar refractivity (Wildman–Crippen MR) is 142 cm³/mol. The molecular formula is C28H33N4O3P. The van der Waals surface area contributed by atoms with Crippen LogP contribution in [0.2, 0.25) is 0 Å². The van der Waals surface area contributed by atoms with E-state index < -0.39 is 18.8 Å². The molecule has 1 heterocycles. The Hall–Kier alpha value is -3.09. The molecule has 4 aromatic rings. The van der Waals surface area contributed by atoms with E-state index in [0.717, 1.165) is 16.7 Å². The highest BCUT2D eigenvalue weighted by Gasteiger charge is 2.43. The molecule has 1 aromatic heterocycles. The second-order valence-electron chi connectivity index (χ2n) is 8.32. The van der Waals surface area contributed by atoms with Crippen LogP contribution in [0, 0.1) is 0 Å². The summed E-state index contributed by atoms with van der Waals surface area (Å²) in [4.78, 5) is 4.67. The van der Waals surface area contributed by atoms with Crippen LogP contribution in [-0.4, -0.2) is 34.5 Å². The molecule has 0 aliphatic carbocycles. The van der Waals surface area contributed by atoms with Crippen molar-refractivity contribution in [3.8, 4) is 0 Å². The van der Waals surface area contributed by atoms with E-state index in [9.17, 15) is 4.57 Å². The van der Waals surface area contributed by atoms with Crippen LogP contribution in [0.15, 0.2) is 97.3 Å². The lowest BCUT2D eigenvalue weighted by Crippen LogP contribution is -2.38. The molecule has 0 saturated carbocycles. The number of nitrogens with zero attached hydrogens (tertiary/aromatic N) is 3. The predicted octanol–water partition coefficient (Wildman–Crippen LogP) is 5.77. The maximum Gasteiger partial charge on any atom is 0.341 e. The van der Waals surface area contributed by atoms with Crippen molar-refractivity contribution in [3.63, 3.8) is 0 Å². The molecule has 4 rings (SSSR count). The highest BCUT2D eigenvalue weighted by Crippen LogP contribution is 2.61. The van der Waals surface area contributed by atoms with Crippen LogP contribution in [0.5, 0.6) is 0 Å². The standard InChI is InChI=1S/C28H33N4O3P/c1-3-34-36(33,35-4-2)26(20-21-29)27-30-22-32(31-27)28(23-14-8-5-9-15-23,24-16-10-6-11-17-24)25-18-12-7-13-19-25/h5-19,22,26H,3-4,20-21,29H2,1-2H3. The van der Waals surface area contributed by atoms with Gasteiger partial charge in [0.2, 0.25) is 0 Å². The third-order valence-electron chi connectivity index (χ3n) is 6.17. The number of hydrogen-bond donors (Lipinski definition) is 1. The SMILES string of the molecule is CCOP(=O)(OCC)C(CCN)c1ncn(C(c2ccccc2)(c2ccccc2)c2ccccc2)n1. The number of nitrogens with two attached hydrogens (primary N) is 1. The summed E-state index contributed by atoms with van der Waals surface area (Å²) in [6.07, 6.45) is 2.07. The summed E-state index contributed by atoms with van der Waals surface area (Å²) in [5.41, 5.74) is 7.50. The molecule has 0 fully saturated rings. The van der Waals surface area contributed by atoms with Gasteiger partial charge in [-0.1, -0.05) is 91.0 Å². The number of hydrogen-bond acceptors (Lipinski definition) is 6. The second-order valence-corrected chi connectivity index (χ2v) is 10.5. The van der Waals surface area contributed by atoms with Crippen LogP contribution < -0.4 is 5.73 Å². The van der Waals surface area contributed by atoms with Gasteiger partial charge in [-0.3, -0.25) is 4.57 Å². The Bertz CT molecular complexity index is 1160. The molecule has 8 heteroatoms. The molecule has 1 atom stereocenters. The quantitative estimate of drug-likeness (QED) is 0.194. The molecule has 2 N–H and O–H groups in total. The normalized spacial score (nSPS) is 13.0. The van der Waals surface area contributed by atoms with Crippen LogP contribution in [0.1, 0.15) is 48.4 Å². The molecule has 0 bridgehead atoms. The van der Waals surface area contributed by atoms with Gasteiger partial charge in [0.05, 0.1) is 13.2 Å². The molecule has 0 amide bonds. The number of benzene rings is 3. The Morgan fingerprint density at radius 1 is 0.833 bits per heavy atom. The molecular weight excluding hydrogens is 471 g/mol. The monoisotopic (exact) mass is 504 g/mol. The first-order valence-electron chi connectivity index (χ1n) is 12.3. The van der Waals surface area contributed by atoms with Gasteiger partial charge in [0.15, 0.2) is 5.82 Å². The van der Waals surface area contributed by atoms with Crippen LogP contribution in [-0.2, 0) is 19.2 Å². The largest absolute Gasteiger partial charge is 0.341 e. The minimum Gasteiger partial charge on any atom is -0.330 e. The summed E-state index contributed by atoms with van der Waals surface area (Å²) >= 11 is 0. The highest BCUT2D eigenvalue weighted by molar-refractivity contribution is 7.54. The average Bonchev–Trinajstić information content (AvgIpc) is 3.40. The fourth-order valence-corrected chi connectivity index (χ4v) is 6.71. The van der Waals surface area contributed by atoms with E-state index in [4.69, 9.17) is 19.9 Å². The molecule has 188 valence electrons. The summed E-state index contributed by atoms with van der Waals surface area (Å²) in [6.45, 7) is 4.39. The Balaban J connectivity index is 1.97. The molecule has 7 nitrogen and oxygen atoms in total. The third kappa shape index (κ3) is 4.93. The van der Waals surface area contributed by atoms with Crippen molar-refractivity contribution in [1.29, 1.82) is 0 Å². The van der Waals surface area contributed by atoms with Gasteiger partial charge < -0.3 is 14.8 Å². The van der Waals surface area contributed by atoms with Gasteiger partial charge >= 0.3 is 7.60 Å². The van der Waals surface area contributed by atoms with Gasteiger partial charge in [-0.15, -0.1) is 0 Å². The first-order valence-corrected chi connectivity index (χ1v) is 13.9. The summed E-state index contributed by atoms with van der Waals surface area (Å²) < 4.78 is 27.0. The smallest absolute Gasteiger partial charge is 0.330 e. The summed E-state index contributed by atoms with van der Waals surface area (Å²) in [5, 5.41) is 4.98. The minimum absolute atomic E-state index is 0.251. The number of aromatic nitrogens is 3. The van der Waals surface area contributed by atoms with E-state index in [-0.39, 0.29) is 13.2 Å². The molecule has 0 radical (unpaired) electrons. The molecule has 0 saturated heterocycles. The Morgan fingerprint density at radius 2 is 1.28 bits per heavy atom. The van der Waals surface area contributed by atoms with Crippen molar-refractivity contribution < 1.29 is 13.6 Å². The van der Waals surface area contributed by atoms with E-state index in [1.54, 1.807) is 20.2 Å². The van der Waals surface area contributed by atoms with E-state index in [2.05, 4.69) is 41.4 Å². The van der Waals surface area contributed by atoms with Crippen molar-refractivity contribution in [2.24, 2.45) is 5.73 Å². The molecule has 3 aromatic carbocycles. The maximum atomic E-state index is 13.8. The van der Waals surface area contributed by atoms with Crippen molar-refractivity contribution in [1.82, 2.24) is 14.8 Å². The fourth-order valence-electron chi connectivity index (χ4n) is 4.69. The fraction of sp³-hybridized carbons (Fsp3) is 0.286. The minimum atomic E-state index is -3.54. The van der Waals surface area contributed by atoms with Crippen LogP contribution in [0.3, 0.4) is 0 Å². The van der Waals surface area contributed by atoms with Crippen LogP contribution >= 0.6 is 7.60 Å². The topological polar surface area (TPSA) is 92.3 Å². The van der Waals surface area contributed by atoms with Gasteiger partial charge in [0.25, 0.3) is 0 Å². The van der Waals surface area contributed by atoms with E-state index >= 15 is 0 Å². The lowest BCUT2D eigenvalue weighted by atomic mass is 9.77. The third-order valence-corrected chi connectivity index (χ3v) is 8.65. The van der Waals surface area contributed by atoms with E-state index in [1.807, 2.05) is 59.3 Å². The Morgan fingerprint density at radius 3 is 1.67 bits per heavy atom. The van der Waals surface area contributed by atoms with Crippen LogP contribution in [0.4, 0.5) is 0 Å². The van der Waals surface area contributed by atoms with E-state index in [1.165, 1.54) is 0 Å². The summed E-state index contributed by atoms with van der Waals surface area (Å²) in [7, 11) is -3.54. The van der Waals surface area contributed by atoms with Crippen molar-refractivity contribution in [2.75, 3.05) is 19.8 Å². The average molecular weight is 505 g/mol. The molecule has 1 unspecified atom stereocenters. The molecule has 36 heavy (non-hydrogen) atoms. The van der Waals surface area contributed by atoms with Crippen LogP contribution in [0.25, 0.3) is 0 Å². The lowest BCUT2D eigenvalue weighted by Gasteiger charge is -2.36. The Labute approximate surface area is 212 Å². The second kappa shape index (κ2) is 11.8. The summed E-state index contributed by atoms with van der Waals surface area (Å²) in [5.74, 6) is 0.387. The lowest BCUT2D eigenvalue weighted by molar-refractivity contribution is 0.210. The van der Waals surface area contributed by atoms with Gasteiger partial charge in [-0.05, 0) is 43.5 Å². The van der Waals surface area contributed by atoms with Crippen molar-refractivity contribution in [2.45, 2.75) is 31.5 Å². The first kappa shape index (κ1) is 26.0.